The molecule has 0 aliphatic carbocycles. The van der Waals surface area contributed by atoms with Crippen LogP contribution in [0, 0.1) is 22.7 Å². The Balaban J connectivity index is 2.87. The second-order valence-corrected chi connectivity index (χ2v) is 5.59. The van der Waals surface area contributed by atoms with Gasteiger partial charge in [-0.2, -0.15) is 23.7 Å². The van der Waals surface area contributed by atoms with Crippen LogP contribution < -0.4 is 5.73 Å². The third kappa shape index (κ3) is 3.16. The summed E-state index contributed by atoms with van der Waals surface area (Å²) in [5.41, 5.74) is 3.20. The smallest absolute Gasteiger partial charge is 0.417 e. The van der Waals surface area contributed by atoms with Gasteiger partial charge in [0.1, 0.15) is 6.07 Å². The predicted molar refractivity (Wildman–Crippen MR) is 83.7 cm³/mol. The van der Waals surface area contributed by atoms with Gasteiger partial charge in [-0.25, -0.2) is 4.79 Å². The van der Waals surface area contributed by atoms with E-state index in [4.69, 9.17) is 16.3 Å². The van der Waals surface area contributed by atoms with E-state index in [1.807, 2.05) is 0 Å². The van der Waals surface area contributed by atoms with Crippen LogP contribution in [-0.2, 0) is 10.9 Å². The van der Waals surface area contributed by atoms with Gasteiger partial charge >= 0.3 is 12.1 Å². The van der Waals surface area contributed by atoms with Gasteiger partial charge in [-0.05, 0) is 28.1 Å². The lowest BCUT2D eigenvalue weighted by Crippen LogP contribution is -2.14. The van der Waals surface area contributed by atoms with E-state index in [0.29, 0.717) is 6.07 Å². The molecule has 0 aliphatic rings. The number of rotatable bonds is 2. The number of carbonyl (C=O) groups excluding carboxylic acids is 1. The first kappa shape index (κ1) is 18.4. The summed E-state index contributed by atoms with van der Waals surface area (Å²) in [6, 6.07) is 4.88. The summed E-state index contributed by atoms with van der Waals surface area (Å²) >= 11 is 3.07. The van der Waals surface area contributed by atoms with E-state index in [0.717, 1.165) is 23.9 Å². The molecule has 10 heteroatoms. The number of anilines is 1. The predicted octanol–water partition coefficient (Wildman–Crippen LogP) is 3.37. The minimum Gasteiger partial charge on any atom is -0.464 e. The van der Waals surface area contributed by atoms with Crippen molar-refractivity contribution < 1.29 is 22.7 Å². The highest BCUT2D eigenvalue weighted by molar-refractivity contribution is 9.10. The molecule has 1 heterocycles. The van der Waals surface area contributed by atoms with Crippen molar-refractivity contribution in [2.75, 3.05) is 12.8 Å². The second kappa shape index (κ2) is 6.49. The molecule has 0 unspecified atom stereocenters. The number of benzene rings is 1. The van der Waals surface area contributed by atoms with Crippen molar-refractivity contribution in [2.24, 2.45) is 0 Å². The number of halogens is 4. The Morgan fingerprint density at radius 1 is 1.28 bits per heavy atom. The molecule has 0 bridgehead atoms. The second-order valence-electron chi connectivity index (χ2n) is 4.74. The third-order valence-corrected chi connectivity index (χ3v) is 3.95. The van der Waals surface area contributed by atoms with E-state index in [1.54, 1.807) is 6.07 Å². The number of nitriles is 2. The van der Waals surface area contributed by atoms with Crippen molar-refractivity contribution in [3.8, 4) is 17.8 Å². The summed E-state index contributed by atoms with van der Waals surface area (Å²) in [5.74, 6) is -0.927. The minimum absolute atomic E-state index is 0.0988. The number of methoxy groups -OCH3 is 1. The molecule has 128 valence electrons. The molecule has 0 saturated heterocycles. The van der Waals surface area contributed by atoms with Gasteiger partial charge < -0.3 is 15.0 Å². The summed E-state index contributed by atoms with van der Waals surface area (Å²) in [4.78, 5) is 12.0. The Morgan fingerprint density at radius 2 is 1.88 bits per heavy atom. The van der Waals surface area contributed by atoms with Gasteiger partial charge in [-0.1, -0.05) is 0 Å². The van der Waals surface area contributed by atoms with Crippen LogP contribution in [0.25, 0.3) is 5.69 Å². The molecule has 0 amide bonds. The lowest BCUT2D eigenvalue weighted by Gasteiger charge is -2.15. The van der Waals surface area contributed by atoms with E-state index >= 15 is 0 Å². The van der Waals surface area contributed by atoms with Crippen LogP contribution in [0.1, 0.15) is 27.2 Å². The highest BCUT2D eigenvalue weighted by Crippen LogP contribution is 2.37. The summed E-state index contributed by atoms with van der Waals surface area (Å²) in [6.07, 6.45) is -3.67. The maximum absolute atomic E-state index is 13.2. The molecule has 0 radical (unpaired) electrons. The van der Waals surface area contributed by atoms with Crippen molar-refractivity contribution in [1.29, 1.82) is 10.5 Å². The molecule has 2 aromatic rings. The molecule has 2 rings (SSSR count). The van der Waals surface area contributed by atoms with Crippen LogP contribution in [0.15, 0.2) is 22.8 Å². The molecular formula is C15H8BrF3N4O2. The molecular weight excluding hydrogens is 405 g/mol. The van der Waals surface area contributed by atoms with Crippen LogP contribution in [-0.4, -0.2) is 17.6 Å². The van der Waals surface area contributed by atoms with E-state index < -0.39 is 23.3 Å². The van der Waals surface area contributed by atoms with Crippen LogP contribution in [0.2, 0.25) is 0 Å². The molecule has 0 atom stereocenters. The van der Waals surface area contributed by atoms with Gasteiger partial charge in [0.25, 0.3) is 0 Å². The van der Waals surface area contributed by atoms with Crippen molar-refractivity contribution >= 4 is 27.6 Å². The van der Waals surface area contributed by atoms with Gasteiger partial charge in [0.2, 0.25) is 0 Å². The molecule has 6 nitrogen and oxygen atoms in total. The number of nitrogens with two attached hydrogens (primary N) is 1. The SMILES string of the molecule is COC(=O)c1c(N)c(C#N)cn1-c1cc(C(F)(F)F)c(C#N)cc1Br. The first-order valence-corrected chi connectivity index (χ1v) is 7.25. The van der Waals surface area contributed by atoms with Crippen molar-refractivity contribution in [1.82, 2.24) is 4.57 Å². The van der Waals surface area contributed by atoms with Gasteiger partial charge in [0.05, 0.1) is 41.2 Å². The number of nitrogens with zero attached hydrogens (tertiary/aromatic N) is 3. The molecule has 25 heavy (non-hydrogen) atoms. The molecule has 0 fully saturated rings. The summed E-state index contributed by atoms with van der Waals surface area (Å²) in [7, 11) is 1.07. The van der Waals surface area contributed by atoms with E-state index in [1.165, 1.54) is 6.07 Å². The van der Waals surface area contributed by atoms with Gasteiger partial charge in [0, 0.05) is 10.7 Å². The van der Waals surface area contributed by atoms with Crippen LogP contribution in [0.5, 0.6) is 0 Å². The van der Waals surface area contributed by atoms with Crippen molar-refractivity contribution in [3.63, 3.8) is 0 Å². The fourth-order valence-electron chi connectivity index (χ4n) is 2.18. The zero-order chi connectivity index (χ0) is 18.9. The molecule has 2 N–H and O–H groups in total. The molecule has 0 spiro atoms. The van der Waals surface area contributed by atoms with E-state index in [2.05, 4.69) is 20.7 Å². The number of hydrogen-bond donors (Lipinski definition) is 1. The third-order valence-electron chi connectivity index (χ3n) is 3.32. The lowest BCUT2D eigenvalue weighted by molar-refractivity contribution is -0.137. The zero-order valence-corrected chi connectivity index (χ0v) is 14.1. The van der Waals surface area contributed by atoms with Crippen LogP contribution in [0.4, 0.5) is 18.9 Å². The molecule has 0 aliphatic heterocycles. The van der Waals surface area contributed by atoms with Gasteiger partial charge in [-0.3, -0.25) is 0 Å². The maximum atomic E-state index is 13.2. The fourth-order valence-corrected chi connectivity index (χ4v) is 2.71. The number of esters is 1. The van der Waals surface area contributed by atoms with Crippen LogP contribution in [0.3, 0.4) is 0 Å². The average Bonchev–Trinajstić information content (AvgIpc) is 2.89. The number of alkyl halides is 3. The normalized spacial score (nSPS) is 10.8. The number of hydrogen-bond acceptors (Lipinski definition) is 5. The zero-order valence-electron chi connectivity index (χ0n) is 12.5. The average molecular weight is 413 g/mol. The summed E-state index contributed by atoms with van der Waals surface area (Å²) < 4.78 is 45.3. The standard InChI is InChI=1S/C15H8BrF3N4O2/c1-25-14(24)13-12(22)8(5-21)6-23(13)11-3-9(15(17,18)19)7(4-20)2-10(11)16/h2-3,6H,22H2,1H3. The highest BCUT2D eigenvalue weighted by atomic mass is 79.9. The Hall–Kier alpha value is -2.98. The minimum atomic E-state index is -4.79. The monoisotopic (exact) mass is 412 g/mol. The first-order valence-electron chi connectivity index (χ1n) is 6.46. The number of aromatic nitrogens is 1. The number of ether oxygens (including phenoxy) is 1. The Kier molecular flexibility index (Phi) is 4.77. The number of carbonyl (C=O) groups is 1. The van der Waals surface area contributed by atoms with E-state index in [-0.39, 0.29) is 27.1 Å². The molecule has 0 saturated carbocycles. The van der Waals surface area contributed by atoms with Gasteiger partial charge in [0.15, 0.2) is 5.69 Å². The quantitative estimate of drug-likeness (QED) is 0.761. The highest BCUT2D eigenvalue weighted by Gasteiger charge is 2.35. The Labute approximate surface area is 147 Å². The largest absolute Gasteiger partial charge is 0.464 e. The Morgan fingerprint density at radius 3 is 2.36 bits per heavy atom. The van der Waals surface area contributed by atoms with Gasteiger partial charge in [-0.15, -0.1) is 0 Å². The molecule has 1 aromatic carbocycles. The van der Waals surface area contributed by atoms with E-state index in [9.17, 15) is 18.0 Å². The lowest BCUT2D eigenvalue weighted by atomic mass is 10.1. The van der Waals surface area contributed by atoms with Crippen molar-refractivity contribution in [2.45, 2.75) is 6.18 Å². The summed E-state index contributed by atoms with van der Waals surface area (Å²) in [5, 5.41) is 18.0. The maximum Gasteiger partial charge on any atom is 0.417 e. The topological polar surface area (TPSA) is 105 Å². The fraction of sp³-hybridized carbons (Fsp3) is 0.133. The summed E-state index contributed by atoms with van der Waals surface area (Å²) in [6.45, 7) is 0. The van der Waals surface area contributed by atoms with Crippen LogP contribution >= 0.6 is 15.9 Å². The first-order chi connectivity index (χ1) is 11.6. The Bertz CT molecular complexity index is 952. The number of nitrogen functional groups attached to an aromatic ring is 1. The van der Waals surface area contributed by atoms with Crippen molar-refractivity contribution in [3.05, 3.63) is 45.2 Å². The molecule has 1 aromatic heterocycles.